The van der Waals surface area contributed by atoms with E-state index in [9.17, 15) is 20.4 Å². The van der Waals surface area contributed by atoms with Gasteiger partial charge in [0.25, 0.3) is 0 Å². The van der Waals surface area contributed by atoms with Crippen LogP contribution < -0.4 is 0 Å². The zero-order valence-electron chi connectivity index (χ0n) is 86.0. The van der Waals surface area contributed by atoms with Crippen LogP contribution in [-0.4, -0.2) is 152 Å². The van der Waals surface area contributed by atoms with E-state index < -0.39 is 0 Å². The van der Waals surface area contributed by atoms with E-state index in [0.29, 0.717) is 0 Å². The molecule has 13 heteroatoms. The molecule has 7 atom stereocenters. The average molecular weight is 1930 g/mol. The summed E-state index contributed by atoms with van der Waals surface area (Å²) in [7, 11) is 6.00. The maximum atomic E-state index is 9.28. The van der Waals surface area contributed by atoms with Gasteiger partial charge in [-0.25, -0.2) is 0 Å². The van der Waals surface area contributed by atoms with Crippen LogP contribution >= 0.6 is 0 Å². The van der Waals surface area contributed by atoms with Gasteiger partial charge in [0.2, 0.25) is 0 Å². The summed E-state index contributed by atoms with van der Waals surface area (Å²) >= 11 is 0. The Hall–Kier alpha value is -13.8. The molecule has 748 valence electrons. The van der Waals surface area contributed by atoms with E-state index in [4.69, 9.17) is 46.0 Å². The lowest BCUT2D eigenvalue weighted by Crippen LogP contribution is -2.03. The molecule has 144 heavy (non-hydrogen) atoms. The number of benzene rings is 23. The fourth-order valence-corrected chi connectivity index (χ4v) is 18.2. The number of rotatable bonds is 14. The van der Waals surface area contributed by atoms with Crippen LogP contribution in [0.4, 0.5) is 0 Å². The van der Waals surface area contributed by atoms with Gasteiger partial charge >= 0.3 is 0 Å². The molecular formula is C131H146O13. The Bertz CT molecular complexity index is 6640. The SMILES string of the molecule is CC.CC(O)Cc1ccc2ccccc2c1.CC(O)Cc1ccc2ccccc2c1.CC(O)Cc1ccc2ccccc2c1.CC(O)Cc1ccc2ccccc2c1.CC(O)Cc1ccccc1.CC(O)Cc1ccccc1.CC(O)Cc1ccccc1.CO.CO.CO.CO.CO.CO.c1cc2ccc3ccc4ccc5cccc6c(c1)c2c3c4c56.c1cc2ccc3ccc4ccc5cccc6c(c1)c2c3c4c56. The summed E-state index contributed by atoms with van der Waals surface area (Å²) in [5.41, 5.74) is 8.35. The summed E-state index contributed by atoms with van der Waals surface area (Å²) in [4.78, 5) is 0. The first-order valence-electron chi connectivity index (χ1n) is 49.3. The predicted molar refractivity (Wildman–Crippen MR) is 616 cm³/mol. The van der Waals surface area contributed by atoms with Gasteiger partial charge in [-0.2, -0.15) is 0 Å². The lowest BCUT2D eigenvalue weighted by atomic mass is 9.86. The minimum atomic E-state index is -0.267. The summed E-state index contributed by atoms with van der Waals surface area (Å²) in [6.45, 7) is 16.7. The van der Waals surface area contributed by atoms with Crippen molar-refractivity contribution >= 4 is 151 Å². The molecule has 7 unspecified atom stereocenters. The molecular weight excluding hydrogens is 1780 g/mol. The van der Waals surface area contributed by atoms with Crippen molar-refractivity contribution in [2.75, 3.05) is 42.7 Å². The topological polar surface area (TPSA) is 263 Å². The van der Waals surface area contributed by atoms with E-state index in [2.05, 4.69) is 267 Å². The van der Waals surface area contributed by atoms with Gasteiger partial charge in [-0.15, -0.1) is 0 Å². The van der Waals surface area contributed by atoms with E-state index >= 15 is 0 Å². The molecule has 23 aromatic carbocycles. The molecule has 0 aromatic heterocycles. The summed E-state index contributed by atoms with van der Waals surface area (Å²) in [5, 5.41) is 144. The number of fused-ring (bicyclic) bond motifs is 6. The van der Waals surface area contributed by atoms with Gasteiger partial charge in [-0.3, -0.25) is 0 Å². The first-order valence-corrected chi connectivity index (χ1v) is 49.3. The first kappa shape index (κ1) is 115. The highest BCUT2D eigenvalue weighted by Gasteiger charge is 2.19. The molecule has 0 aliphatic carbocycles. The second kappa shape index (κ2) is 61.3. The Morgan fingerprint density at radius 1 is 0.132 bits per heavy atom. The van der Waals surface area contributed by atoms with Crippen LogP contribution in [0, 0.1) is 0 Å². The molecule has 0 heterocycles. The van der Waals surface area contributed by atoms with Crippen molar-refractivity contribution < 1.29 is 66.4 Å². The highest BCUT2D eigenvalue weighted by molar-refractivity contribution is 6.41. The first-order chi connectivity index (χ1) is 70.2. The Labute approximate surface area is 849 Å². The molecule has 0 fully saturated rings. The van der Waals surface area contributed by atoms with E-state index in [1.54, 1.807) is 20.8 Å². The van der Waals surface area contributed by atoms with Crippen LogP contribution in [0.2, 0.25) is 0 Å². The molecule has 13 nitrogen and oxygen atoms in total. The molecule has 0 spiro atoms. The van der Waals surface area contributed by atoms with Crippen molar-refractivity contribution in [3.8, 4) is 0 Å². The molecule has 0 aliphatic rings. The quantitative estimate of drug-likeness (QED) is 0.0357. The summed E-state index contributed by atoms with van der Waals surface area (Å²) in [6, 6.07) is 142. The van der Waals surface area contributed by atoms with Gasteiger partial charge < -0.3 is 66.4 Å². The smallest absolute Gasteiger partial charge is 0.0552 e. The van der Waals surface area contributed by atoms with Crippen LogP contribution in [-0.2, 0) is 44.9 Å². The fraction of sp³-hybridized carbons (Fsp3) is 0.221. The third kappa shape index (κ3) is 32.6. The molecule has 23 rings (SSSR count). The van der Waals surface area contributed by atoms with Crippen molar-refractivity contribution in [2.45, 2.75) is 150 Å². The maximum absolute atomic E-state index is 9.28. The van der Waals surface area contributed by atoms with Crippen LogP contribution in [0.15, 0.2) is 406 Å². The minimum absolute atomic E-state index is 0.234. The second-order valence-electron chi connectivity index (χ2n) is 35.0. The number of hydrogen-bond donors (Lipinski definition) is 13. The fourth-order valence-electron chi connectivity index (χ4n) is 18.2. The molecule has 0 saturated heterocycles. The zero-order valence-corrected chi connectivity index (χ0v) is 86.0. The van der Waals surface area contributed by atoms with Crippen molar-refractivity contribution in [2.24, 2.45) is 0 Å². The van der Waals surface area contributed by atoms with Crippen molar-refractivity contribution in [3.05, 3.63) is 445 Å². The molecule has 0 amide bonds. The summed E-state index contributed by atoms with van der Waals surface area (Å²) in [6.07, 6.45) is 3.39. The normalized spacial score (nSPS) is 11.9. The van der Waals surface area contributed by atoms with Crippen LogP contribution in [0.25, 0.3) is 151 Å². The summed E-state index contributed by atoms with van der Waals surface area (Å²) in [5.74, 6) is 0. The van der Waals surface area contributed by atoms with E-state index in [1.165, 1.54) is 190 Å². The molecule has 13 N–H and O–H groups in total. The number of aliphatic hydroxyl groups is 13. The highest BCUT2D eigenvalue weighted by Crippen LogP contribution is 2.47. The highest BCUT2D eigenvalue weighted by atomic mass is 16.3. The van der Waals surface area contributed by atoms with Gasteiger partial charge in [-0.1, -0.05) is 420 Å². The Morgan fingerprint density at radius 2 is 0.264 bits per heavy atom. The van der Waals surface area contributed by atoms with Gasteiger partial charge in [0, 0.05) is 42.7 Å². The van der Waals surface area contributed by atoms with Crippen molar-refractivity contribution in [1.29, 1.82) is 0 Å². The largest absolute Gasteiger partial charge is 0.400 e. The third-order valence-corrected chi connectivity index (χ3v) is 23.8. The summed E-state index contributed by atoms with van der Waals surface area (Å²) < 4.78 is 0. The van der Waals surface area contributed by atoms with Crippen LogP contribution in [0.5, 0.6) is 0 Å². The molecule has 0 bridgehead atoms. The maximum Gasteiger partial charge on any atom is 0.0552 e. The van der Waals surface area contributed by atoms with Gasteiger partial charge in [0.05, 0.1) is 42.7 Å². The molecule has 0 aliphatic heterocycles. The lowest BCUT2D eigenvalue weighted by Gasteiger charge is -2.17. The Morgan fingerprint density at radius 3 is 0.431 bits per heavy atom. The van der Waals surface area contributed by atoms with E-state index in [0.717, 1.165) is 87.6 Å². The Kier molecular flexibility index (Phi) is 49.1. The lowest BCUT2D eigenvalue weighted by molar-refractivity contribution is 0.195. The van der Waals surface area contributed by atoms with Gasteiger partial charge in [0.1, 0.15) is 0 Å². The molecule has 0 saturated carbocycles. The second-order valence-corrected chi connectivity index (χ2v) is 35.0. The van der Waals surface area contributed by atoms with Gasteiger partial charge in [-0.05, 0) is 283 Å². The van der Waals surface area contributed by atoms with E-state index in [-0.39, 0.29) is 42.7 Å². The average Bonchev–Trinajstić information content (AvgIpc) is 0.707. The minimum Gasteiger partial charge on any atom is -0.400 e. The number of hydrogen-bond acceptors (Lipinski definition) is 13. The molecule has 0 radical (unpaired) electrons. The monoisotopic (exact) mass is 1930 g/mol. The predicted octanol–water partition coefficient (Wildman–Crippen LogP) is 27.2. The Balaban J connectivity index is 0.000000198. The standard InChI is InChI=1S/2C22H12.4C13H14O.3C9H12O.C2H6.6CH4O/c2*1-3-13-7-9-15-11-12-16-10-8-14-4-2-6-18-17(5-1)19(13)21(15)22(16)20(14)18;4*1-10(14)8-11-6-7-12-4-2-3-5-13(12)9-11;3*1-8(10)7-9-5-3-2-4-6-9;7*1-2/h2*1-12H;4*2-7,9-10,14H,8H2,1H3;3*2-6,8,10H,7H2,1H3;1-2H3;6*2H,1H3. The van der Waals surface area contributed by atoms with Crippen LogP contribution in [0.1, 0.15) is 101 Å². The zero-order chi connectivity index (χ0) is 105. The molecule has 23 aromatic rings. The number of aliphatic hydroxyl groups excluding tert-OH is 13. The van der Waals surface area contributed by atoms with Crippen molar-refractivity contribution in [1.82, 2.24) is 0 Å². The van der Waals surface area contributed by atoms with E-state index in [1.807, 2.05) is 181 Å². The van der Waals surface area contributed by atoms with Crippen molar-refractivity contribution in [3.63, 3.8) is 0 Å². The van der Waals surface area contributed by atoms with Crippen LogP contribution in [0.3, 0.4) is 0 Å². The van der Waals surface area contributed by atoms with Gasteiger partial charge in [0.15, 0.2) is 0 Å². The third-order valence-electron chi connectivity index (χ3n) is 23.8.